The zero-order chi connectivity index (χ0) is 7.56. The highest BCUT2D eigenvalue weighted by molar-refractivity contribution is 7.98. The standard InChI is InChI=1S/C6H7FN2S/c1-10-4-2-5(8)6(7)9-3-4/h2-3H,8H2,1H3. The van der Waals surface area contributed by atoms with Gasteiger partial charge in [0.2, 0.25) is 5.95 Å². The summed E-state index contributed by atoms with van der Waals surface area (Å²) in [6.07, 6.45) is 3.34. The highest BCUT2D eigenvalue weighted by Crippen LogP contribution is 2.17. The molecule has 0 aliphatic heterocycles. The van der Waals surface area contributed by atoms with Gasteiger partial charge in [-0.15, -0.1) is 11.8 Å². The van der Waals surface area contributed by atoms with E-state index in [1.165, 1.54) is 18.0 Å². The van der Waals surface area contributed by atoms with E-state index >= 15 is 0 Å². The lowest BCUT2D eigenvalue weighted by Crippen LogP contribution is -1.93. The molecule has 0 bridgehead atoms. The van der Waals surface area contributed by atoms with E-state index in [9.17, 15) is 4.39 Å². The Hall–Kier alpha value is -0.770. The van der Waals surface area contributed by atoms with Gasteiger partial charge in [0.05, 0.1) is 5.69 Å². The van der Waals surface area contributed by atoms with Gasteiger partial charge in [-0.3, -0.25) is 0 Å². The molecule has 10 heavy (non-hydrogen) atoms. The van der Waals surface area contributed by atoms with Crippen LogP contribution in [0.15, 0.2) is 17.2 Å². The van der Waals surface area contributed by atoms with Gasteiger partial charge in [-0.2, -0.15) is 4.39 Å². The number of anilines is 1. The molecule has 0 unspecified atom stereocenters. The summed E-state index contributed by atoms with van der Waals surface area (Å²) in [5, 5.41) is 0. The van der Waals surface area contributed by atoms with Crippen LogP contribution in [0.2, 0.25) is 0 Å². The third-order valence-corrected chi connectivity index (χ3v) is 1.77. The quantitative estimate of drug-likeness (QED) is 0.497. The van der Waals surface area contributed by atoms with Crippen LogP contribution in [-0.2, 0) is 0 Å². The molecule has 0 aliphatic rings. The fraction of sp³-hybridized carbons (Fsp3) is 0.167. The van der Waals surface area contributed by atoms with E-state index < -0.39 is 5.95 Å². The molecule has 0 atom stereocenters. The van der Waals surface area contributed by atoms with E-state index in [-0.39, 0.29) is 5.69 Å². The van der Waals surface area contributed by atoms with Crippen molar-refractivity contribution in [3.05, 3.63) is 18.2 Å². The number of halogens is 1. The summed E-state index contributed by atoms with van der Waals surface area (Å²) < 4.78 is 12.4. The van der Waals surface area contributed by atoms with Gasteiger partial charge in [0.1, 0.15) is 0 Å². The SMILES string of the molecule is CSc1cnc(F)c(N)c1. The van der Waals surface area contributed by atoms with Crippen molar-refractivity contribution in [2.45, 2.75) is 4.90 Å². The minimum atomic E-state index is -0.599. The van der Waals surface area contributed by atoms with Gasteiger partial charge in [0, 0.05) is 11.1 Å². The number of nitrogens with zero attached hydrogens (tertiary/aromatic N) is 1. The monoisotopic (exact) mass is 158 g/mol. The Balaban J connectivity index is 3.04. The summed E-state index contributed by atoms with van der Waals surface area (Å²) in [6, 6.07) is 1.56. The second-order valence-electron chi connectivity index (χ2n) is 1.76. The second-order valence-corrected chi connectivity index (χ2v) is 2.63. The fourth-order valence-electron chi connectivity index (χ4n) is 0.557. The van der Waals surface area contributed by atoms with Crippen LogP contribution in [0, 0.1) is 5.95 Å². The first-order chi connectivity index (χ1) is 4.74. The molecule has 2 N–H and O–H groups in total. The molecule has 1 aromatic rings. The van der Waals surface area contributed by atoms with Crippen LogP contribution < -0.4 is 5.73 Å². The molecule has 0 aromatic carbocycles. The van der Waals surface area contributed by atoms with E-state index in [0.717, 1.165) is 4.90 Å². The summed E-state index contributed by atoms with van der Waals surface area (Å²) in [5.74, 6) is -0.599. The molecule has 0 aliphatic carbocycles. The molecular weight excluding hydrogens is 151 g/mol. The lowest BCUT2D eigenvalue weighted by molar-refractivity contribution is 0.586. The van der Waals surface area contributed by atoms with Crippen molar-refractivity contribution < 1.29 is 4.39 Å². The van der Waals surface area contributed by atoms with Crippen molar-refractivity contribution in [1.82, 2.24) is 4.98 Å². The van der Waals surface area contributed by atoms with Crippen molar-refractivity contribution in [3.8, 4) is 0 Å². The fourth-order valence-corrected chi connectivity index (χ4v) is 0.959. The van der Waals surface area contributed by atoms with Crippen molar-refractivity contribution in [3.63, 3.8) is 0 Å². The molecule has 0 amide bonds. The normalized spacial score (nSPS) is 9.80. The molecule has 2 nitrogen and oxygen atoms in total. The third kappa shape index (κ3) is 1.39. The number of hydrogen-bond acceptors (Lipinski definition) is 3. The average molecular weight is 158 g/mol. The molecule has 1 rings (SSSR count). The first kappa shape index (κ1) is 7.34. The van der Waals surface area contributed by atoms with Crippen molar-refractivity contribution in [2.75, 3.05) is 12.0 Å². The van der Waals surface area contributed by atoms with Crippen molar-refractivity contribution in [2.24, 2.45) is 0 Å². The summed E-state index contributed by atoms with van der Waals surface area (Å²) in [7, 11) is 0. The minimum Gasteiger partial charge on any atom is -0.395 e. The molecule has 1 heterocycles. The molecule has 1 aromatic heterocycles. The zero-order valence-corrected chi connectivity index (χ0v) is 6.28. The zero-order valence-electron chi connectivity index (χ0n) is 5.47. The lowest BCUT2D eigenvalue weighted by Gasteiger charge is -1.96. The summed E-state index contributed by atoms with van der Waals surface area (Å²) in [6.45, 7) is 0. The van der Waals surface area contributed by atoms with Gasteiger partial charge in [-0.25, -0.2) is 4.98 Å². The van der Waals surface area contributed by atoms with E-state index in [4.69, 9.17) is 5.73 Å². The maximum Gasteiger partial charge on any atom is 0.236 e. The highest BCUT2D eigenvalue weighted by Gasteiger charge is 1.98. The largest absolute Gasteiger partial charge is 0.395 e. The molecule has 54 valence electrons. The van der Waals surface area contributed by atoms with Crippen LogP contribution in [0.25, 0.3) is 0 Å². The Kier molecular flexibility index (Phi) is 2.11. The van der Waals surface area contributed by atoms with Gasteiger partial charge >= 0.3 is 0 Å². The first-order valence-corrected chi connectivity index (χ1v) is 3.91. The Bertz CT molecular complexity index is 239. The van der Waals surface area contributed by atoms with Gasteiger partial charge in [-0.05, 0) is 12.3 Å². The van der Waals surface area contributed by atoms with E-state index in [1.54, 1.807) is 6.07 Å². The summed E-state index contributed by atoms with van der Waals surface area (Å²) in [5.41, 5.74) is 5.35. The van der Waals surface area contributed by atoms with Gasteiger partial charge in [0.25, 0.3) is 0 Å². The average Bonchev–Trinajstić information content (AvgIpc) is 1.95. The van der Waals surface area contributed by atoms with Crippen LogP contribution >= 0.6 is 11.8 Å². The molecule has 0 radical (unpaired) electrons. The number of aromatic nitrogens is 1. The number of nitrogen functional groups attached to an aromatic ring is 1. The van der Waals surface area contributed by atoms with Crippen molar-refractivity contribution >= 4 is 17.4 Å². The van der Waals surface area contributed by atoms with Crippen LogP contribution in [0.3, 0.4) is 0 Å². The molecule has 0 spiro atoms. The van der Waals surface area contributed by atoms with E-state index in [1.807, 2.05) is 6.26 Å². The number of pyridine rings is 1. The Labute approximate surface area is 62.6 Å². The Morgan fingerprint density at radius 3 is 2.90 bits per heavy atom. The molecule has 0 saturated carbocycles. The maximum absolute atomic E-state index is 12.4. The number of thioether (sulfide) groups is 1. The predicted molar refractivity (Wildman–Crippen MR) is 40.4 cm³/mol. The van der Waals surface area contributed by atoms with Crippen LogP contribution in [-0.4, -0.2) is 11.2 Å². The van der Waals surface area contributed by atoms with Crippen molar-refractivity contribution in [1.29, 1.82) is 0 Å². The van der Waals surface area contributed by atoms with Crippen LogP contribution in [0.5, 0.6) is 0 Å². The number of rotatable bonds is 1. The van der Waals surface area contributed by atoms with Crippen LogP contribution in [0.4, 0.5) is 10.1 Å². The second kappa shape index (κ2) is 2.88. The van der Waals surface area contributed by atoms with Gasteiger partial charge in [-0.1, -0.05) is 0 Å². The Morgan fingerprint density at radius 2 is 2.40 bits per heavy atom. The van der Waals surface area contributed by atoms with E-state index in [2.05, 4.69) is 4.98 Å². The predicted octanol–water partition coefficient (Wildman–Crippen LogP) is 1.52. The summed E-state index contributed by atoms with van der Waals surface area (Å²) >= 11 is 1.48. The van der Waals surface area contributed by atoms with Gasteiger partial charge in [0.15, 0.2) is 0 Å². The number of hydrogen-bond donors (Lipinski definition) is 1. The summed E-state index contributed by atoms with van der Waals surface area (Å²) in [4.78, 5) is 4.31. The van der Waals surface area contributed by atoms with Crippen LogP contribution in [0.1, 0.15) is 0 Å². The van der Waals surface area contributed by atoms with Gasteiger partial charge < -0.3 is 5.73 Å². The smallest absolute Gasteiger partial charge is 0.236 e. The minimum absolute atomic E-state index is 0.104. The molecule has 0 fully saturated rings. The topological polar surface area (TPSA) is 38.9 Å². The third-order valence-electron chi connectivity index (χ3n) is 1.08. The molecular formula is C6H7FN2S. The van der Waals surface area contributed by atoms with E-state index in [0.29, 0.717) is 0 Å². The highest BCUT2D eigenvalue weighted by atomic mass is 32.2. The first-order valence-electron chi connectivity index (χ1n) is 2.69. The maximum atomic E-state index is 12.4. The molecule has 0 saturated heterocycles. The lowest BCUT2D eigenvalue weighted by atomic mass is 10.4. The Morgan fingerprint density at radius 1 is 1.70 bits per heavy atom. The number of nitrogens with two attached hydrogens (primary N) is 1. The molecule has 4 heteroatoms.